The first-order valence-electron chi connectivity index (χ1n) is 22.7. The van der Waals surface area contributed by atoms with Gasteiger partial charge in [-0.2, -0.15) is 0 Å². The third-order valence-corrected chi connectivity index (χ3v) is 17.9. The fourth-order valence-corrected chi connectivity index (χ4v) is 14.6. The lowest BCUT2D eigenvalue weighted by Crippen LogP contribution is -2.74. The molecule has 0 atom stereocenters. The van der Waals surface area contributed by atoms with Gasteiger partial charge in [-0.1, -0.05) is 249 Å². The second-order valence-electron chi connectivity index (χ2n) is 16.8. The number of anilines is 3. The van der Waals surface area contributed by atoms with Gasteiger partial charge in [-0.3, -0.25) is 0 Å². The zero-order chi connectivity index (χ0) is 44.1. The van der Waals surface area contributed by atoms with E-state index < -0.39 is 8.07 Å². The summed E-state index contributed by atoms with van der Waals surface area (Å²) in [7, 11) is -2.61. The molecule has 2 heteroatoms. The Morgan fingerprint density at radius 2 is 0.621 bits per heavy atom. The van der Waals surface area contributed by atoms with E-state index in [0.29, 0.717) is 0 Å². The van der Waals surface area contributed by atoms with E-state index in [2.05, 4.69) is 290 Å². The molecule has 0 fully saturated rings. The van der Waals surface area contributed by atoms with Crippen molar-refractivity contribution in [3.63, 3.8) is 0 Å². The quantitative estimate of drug-likeness (QED) is 0.0925. The van der Waals surface area contributed by atoms with Crippen LogP contribution in [-0.2, 0) is 0 Å². The lowest BCUT2D eigenvalue weighted by molar-refractivity contribution is 1.30. The SMILES string of the molecule is c1ccc(-c2ccc(-c3ccc(N(c4ccc(-c5ccc([Si](c6ccccc6)(c6ccccc6)c6ccccc6)cc5)cc4)c4cccc5ccccc45)cc3)cc2-c2ccccc2)cc1. The van der Waals surface area contributed by atoms with Gasteiger partial charge >= 0.3 is 0 Å². The highest BCUT2D eigenvalue weighted by Gasteiger charge is 2.41. The molecule has 66 heavy (non-hydrogen) atoms. The third-order valence-electron chi connectivity index (χ3n) is 13.1. The van der Waals surface area contributed by atoms with Crippen LogP contribution in [0.1, 0.15) is 0 Å². The first-order chi connectivity index (χ1) is 32.7. The summed E-state index contributed by atoms with van der Waals surface area (Å²) in [4.78, 5) is 2.40. The first kappa shape index (κ1) is 40.5. The molecule has 0 aromatic heterocycles. The molecule has 0 saturated carbocycles. The van der Waals surface area contributed by atoms with E-state index in [4.69, 9.17) is 0 Å². The minimum Gasteiger partial charge on any atom is -0.310 e. The number of hydrogen-bond donors (Lipinski definition) is 0. The lowest BCUT2D eigenvalue weighted by atomic mass is 9.91. The van der Waals surface area contributed by atoms with E-state index >= 15 is 0 Å². The van der Waals surface area contributed by atoms with Gasteiger partial charge in [0.2, 0.25) is 0 Å². The molecule has 11 rings (SSSR count). The monoisotopic (exact) mass is 857 g/mol. The summed E-state index contributed by atoms with van der Waals surface area (Å²) in [6, 6.07) is 104. The Balaban J connectivity index is 0.963. The van der Waals surface area contributed by atoms with Crippen molar-refractivity contribution in [2.45, 2.75) is 0 Å². The second-order valence-corrected chi connectivity index (χ2v) is 20.7. The second kappa shape index (κ2) is 18.1. The standard InChI is InChI=1S/C64H47NSi/c1-6-19-51(20-7-1)61-46-39-54(47-63(61)53-21-8-2-9-22-53)50-35-42-56(43-36-50)65(64-32-18-24-52-23-16-17-31-62(52)64)55-40-33-48(34-41-55)49-37-44-60(45-38-49)66(57-25-10-3-11-26-57,58-27-12-4-13-28-58)59-29-14-5-15-30-59/h1-47H. The maximum Gasteiger partial charge on any atom is 0.179 e. The summed E-state index contributed by atoms with van der Waals surface area (Å²) in [6.45, 7) is 0. The summed E-state index contributed by atoms with van der Waals surface area (Å²) >= 11 is 0. The van der Waals surface area contributed by atoms with Crippen LogP contribution in [0.3, 0.4) is 0 Å². The van der Waals surface area contributed by atoms with E-state index in [-0.39, 0.29) is 0 Å². The number of fused-ring (bicyclic) bond motifs is 1. The molecule has 0 heterocycles. The van der Waals surface area contributed by atoms with Crippen LogP contribution >= 0.6 is 0 Å². The van der Waals surface area contributed by atoms with Crippen LogP contribution in [0.15, 0.2) is 285 Å². The molecule has 0 N–H and O–H groups in total. The Labute approximate surface area is 389 Å². The lowest BCUT2D eigenvalue weighted by Gasteiger charge is -2.34. The molecular formula is C64H47NSi. The van der Waals surface area contributed by atoms with Crippen LogP contribution in [0.2, 0.25) is 0 Å². The highest BCUT2D eigenvalue weighted by molar-refractivity contribution is 7.19. The zero-order valence-electron chi connectivity index (χ0n) is 36.6. The summed E-state index contributed by atoms with van der Waals surface area (Å²) in [5.41, 5.74) is 12.9. The van der Waals surface area contributed by atoms with E-state index in [9.17, 15) is 0 Å². The molecule has 0 aliphatic carbocycles. The van der Waals surface area contributed by atoms with Crippen molar-refractivity contribution in [2.24, 2.45) is 0 Å². The van der Waals surface area contributed by atoms with Gasteiger partial charge in [0, 0.05) is 16.8 Å². The summed E-state index contributed by atoms with van der Waals surface area (Å²) in [6.07, 6.45) is 0. The summed E-state index contributed by atoms with van der Waals surface area (Å²) < 4.78 is 0. The van der Waals surface area contributed by atoms with Crippen LogP contribution in [0, 0.1) is 0 Å². The molecule has 11 aromatic rings. The average Bonchev–Trinajstić information content (AvgIpc) is 3.41. The van der Waals surface area contributed by atoms with Gasteiger partial charge in [-0.25, -0.2) is 0 Å². The third kappa shape index (κ3) is 7.64. The molecule has 0 aliphatic rings. The van der Waals surface area contributed by atoms with E-state index in [1.807, 2.05) is 0 Å². The van der Waals surface area contributed by atoms with Gasteiger partial charge in [0.1, 0.15) is 0 Å². The molecule has 0 aliphatic heterocycles. The maximum absolute atomic E-state index is 2.61. The van der Waals surface area contributed by atoms with Crippen molar-refractivity contribution in [3.8, 4) is 44.5 Å². The van der Waals surface area contributed by atoms with Crippen molar-refractivity contribution in [2.75, 3.05) is 4.90 Å². The largest absolute Gasteiger partial charge is 0.310 e. The number of benzene rings is 11. The fourth-order valence-electron chi connectivity index (χ4n) is 9.86. The molecule has 0 saturated heterocycles. The van der Waals surface area contributed by atoms with Gasteiger partial charge in [-0.05, 0) is 107 Å². The fraction of sp³-hybridized carbons (Fsp3) is 0. The zero-order valence-corrected chi connectivity index (χ0v) is 37.6. The van der Waals surface area contributed by atoms with Crippen molar-refractivity contribution in [3.05, 3.63) is 285 Å². The Bertz CT molecular complexity index is 3250. The summed E-state index contributed by atoms with van der Waals surface area (Å²) in [5, 5.41) is 7.90. The molecular weight excluding hydrogens is 811 g/mol. The van der Waals surface area contributed by atoms with Gasteiger partial charge in [0.05, 0.1) is 5.69 Å². The molecule has 0 amide bonds. The number of rotatable bonds is 11. The Morgan fingerprint density at radius 3 is 1.14 bits per heavy atom. The van der Waals surface area contributed by atoms with Gasteiger partial charge < -0.3 is 4.90 Å². The molecule has 0 spiro atoms. The van der Waals surface area contributed by atoms with Crippen LogP contribution < -0.4 is 25.6 Å². The Hall–Kier alpha value is -8.30. The predicted molar refractivity (Wildman–Crippen MR) is 284 cm³/mol. The minimum absolute atomic E-state index is 1.10. The molecule has 11 aromatic carbocycles. The Kier molecular flexibility index (Phi) is 11.1. The van der Waals surface area contributed by atoms with E-state index in [0.717, 1.165) is 17.1 Å². The van der Waals surface area contributed by atoms with Gasteiger partial charge in [0.15, 0.2) is 8.07 Å². The predicted octanol–water partition coefficient (Wildman–Crippen LogP) is 14.4. The van der Waals surface area contributed by atoms with Gasteiger partial charge in [0.25, 0.3) is 0 Å². The highest BCUT2D eigenvalue weighted by atomic mass is 28.3. The average molecular weight is 858 g/mol. The van der Waals surface area contributed by atoms with E-state index in [1.54, 1.807) is 0 Å². The molecule has 0 bridgehead atoms. The van der Waals surface area contributed by atoms with Crippen LogP contribution in [0.5, 0.6) is 0 Å². The van der Waals surface area contributed by atoms with Crippen molar-refractivity contribution in [1.82, 2.24) is 0 Å². The topological polar surface area (TPSA) is 3.24 Å². The smallest absolute Gasteiger partial charge is 0.179 e. The molecule has 0 unspecified atom stereocenters. The first-order valence-corrected chi connectivity index (χ1v) is 24.7. The maximum atomic E-state index is 2.40. The molecule has 0 radical (unpaired) electrons. The molecule has 1 nitrogen and oxygen atoms in total. The minimum atomic E-state index is -2.61. The van der Waals surface area contributed by atoms with Crippen molar-refractivity contribution >= 4 is 56.7 Å². The normalized spacial score (nSPS) is 11.3. The van der Waals surface area contributed by atoms with Crippen molar-refractivity contribution in [1.29, 1.82) is 0 Å². The number of hydrogen-bond acceptors (Lipinski definition) is 1. The summed E-state index contributed by atoms with van der Waals surface area (Å²) in [5.74, 6) is 0. The molecule has 312 valence electrons. The number of nitrogens with zero attached hydrogens (tertiary/aromatic N) is 1. The highest BCUT2D eigenvalue weighted by Crippen LogP contribution is 2.41. The van der Waals surface area contributed by atoms with Crippen LogP contribution in [-0.4, -0.2) is 8.07 Å². The Morgan fingerprint density at radius 1 is 0.242 bits per heavy atom. The van der Waals surface area contributed by atoms with Gasteiger partial charge in [-0.15, -0.1) is 0 Å². The van der Waals surface area contributed by atoms with Crippen molar-refractivity contribution < 1.29 is 0 Å². The van der Waals surface area contributed by atoms with Crippen LogP contribution in [0.25, 0.3) is 55.3 Å². The van der Waals surface area contributed by atoms with E-state index in [1.165, 1.54) is 76.0 Å². The van der Waals surface area contributed by atoms with Crippen LogP contribution in [0.4, 0.5) is 17.1 Å².